The molecule has 0 bridgehead atoms. The maximum atomic E-state index is 12.3. The van der Waals surface area contributed by atoms with Gasteiger partial charge in [-0.25, -0.2) is 0 Å². The molecule has 0 saturated carbocycles. The Morgan fingerprint density at radius 2 is 1.72 bits per heavy atom. The summed E-state index contributed by atoms with van der Waals surface area (Å²) in [5, 5.41) is 6.74. The summed E-state index contributed by atoms with van der Waals surface area (Å²) in [6, 6.07) is 17.2. The standard InChI is InChI=1S/C20H21N3O2/c1-20(2,3)16-11-9-15(10-12-16)19(24)21-13-17-22-18(23-25-17)14-7-5-4-6-8-14/h4-12H,13H2,1-3H3,(H,21,24). The average Bonchev–Trinajstić information content (AvgIpc) is 3.09. The van der Waals surface area contributed by atoms with Gasteiger partial charge in [-0.05, 0) is 23.1 Å². The largest absolute Gasteiger partial charge is 0.343 e. The maximum absolute atomic E-state index is 12.3. The predicted molar refractivity (Wildman–Crippen MR) is 96.0 cm³/mol. The normalized spacial score (nSPS) is 11.3. The molecule has 0 fully saturated rings. The van der Waals surface area contributed by atoms with Crippen molar-refractivity contribution in [3.63, 3.8) is 0 Å². The van der Waals surface area contributed by atoms with E-state index >= 15 is 0 Å². The van der Waals surface area contributed by atoms with Crippen LogP contribution in [0.2, 0.25) is 0 Å². The fraction of sp³-hybridized carbons (Fsp3) is 0.250. The molecule has 1 N–H and O–H groups in total. The molecule has 0 aliphatic rings. The molecule has 0 spiro atoms. The SMILES string of the molecule is CC(C)(C)c1ccc(C(=O)NCc2nc(-c3ccccc3)no2)cc1. The van der Waals surface area contributed by atoms with Crippen molar-refractivity contribution in [1.82, 2.24) is 15.5 Å². The van der Waals surface area contributed by atoms with E-state index in [1.807, 2.05) is 54.6 Å². The summed E-state index contributed by atoms with van der Waals surface area (Å²) in [5.41, 5.74) is 2.73. The molecule has 1 heterocycles. The third kappa shape index (κ3) is 4.12. The lowest BCUT2D eigenvalue weighted by Crippen LogP contribution is -2.23. The van der Waals surface area contributed by atoms with Crippen molar-refractivity contribution >= 4 is 5.91 Å². The van der Waals surface area contributed by atoms with Gasteiger partial charge in [-0.15, -0.1) is 0 Å². The van der Waals surface area contributed by atoms with E-state index in [2.05, 4.69) is 36.2 Å². The molecule has 25 heavy (non-hydrogen) atoms. The number of carbonyl (C=O) groups excluding carboxylic acids is 1. The molecule has 5 heteroatoms. The Bertz CT molecular complexity index is 847. The van der Waals surface area contributed by atoms with Gasteiger partial charge in [-0.3, -0.25) is 4.79 Å². The summed E-state index contributed by atoms with van der Waals surface area (Å²) in [6.45, 7) is 6.62. The van der Waals surface area contributed by atoms with Crippen LogP contribution in [0.3, 0.4) is 0 Å². The van der Waals surface area contributed by atoms with Crippen molar-refractivity contribution in [3.8, 4) is 11.4 Å². The zero-order chi connectivity index (χ0) is 17.9. The second-order valence-corrected chi connectivity index (χ2v) is 6.89. The van der Waals surface area contributed by atoms with Gasteiger partial charge in [0.05, 0.1) is 6.54 Å². The van der Waals surface area contributed by atoms with Crippen LogP contribution in [-0.4, -0.2) is 16.0 Å². The van der Waals surface area contributed by atoms with E-state index in [0.717, 1.165) is 5.56 Å². The van der Waals surface area contributed by atoms with Crippen molar-refractivity contribution in [2.45, 2.75) is 32.7 Å². The van der Waals surface area contributed by atoms with Crippen LogP contribution in [0.25, 0.3) is 11.4 Å². The number of aromatic nitrogens is 2. The lowest BCUT2D eigenvalue weighted by atomic mass is 9.87. The molecule has 2 aromatic carbocycles. The fourth-order valence-electron chi connectivity index (χ4n) is 2.41. The highest BCUT2D eigenvalue weighted by Crippen LogP contribution is 2.22. The Labute approximate surface area is 147 Å². The lowest BCUT2D eigenvalue weighted by molar-refractivity contribution is 0.0946. The first-order valence-electron chi connectivity index (χ1n) is 8.20. The van der Waals surface area contributed by atoms with Crippen molar-refractivity contribution in [3.05, 3.63) is 71.6 Å². The molecule has 0 aliphatic heterocycles. The summed E-state index contributed by atoms with van der Waals surface area (Å²) >= 11 is 0. The third-order valence-electron chi connectivity index (χ3n) is 3.91. The molecule has 0 radical (unpaired) electrons. The molecule has 5 nitrogen and oxygen atoms in total. The fourth-order valence-corrected chi connectivity index (χ4v) is 2.41. The number of hydrogen-bond donors (Lipinski definition) is 1. The smallest absolute Gasteiger partial charge is 0.251 e. The minimum absolute atomic E-state index is 0.0621. The van der Waals surface area contributed by atoms with Gasteiger partial charge in [0.15, 0.2) is 0 Å². The van der Waals surface area contributed by atoms with Gasteiger partial charge >= 0.3 is 0 Å². The quantitative estimate of drug-likeness (QED) is 0.783. The number of amides is 1. The van der Waals surface area contributed by atoms with Crippen LogP contribution in [0.1, 0.15) is 42.6 Å². The summed E-state index contributed by atoms with van der Waals surface area (Å²) in [5.74, 6) is 0.720. The first-order valence-corrected chi connectivity index (χ1v) is 8.20. The second kappa shape index (κ2) is 6.89. The summed E-state index contributed by atoms with van der Waals surface area (Å²) in [6.07, 6.45) is 0. The Hall–Kier alpha value is -2.95. The minimum atomic E-state index is -0.167. The number of hydrogen-bond acceptors (Lipinski definition) is 4. The molecule has 0 unspecified atom stereocenters. The van der Waals surface area contributed by atoms with E-state index in [0.29, 0.717) is 17.3 Å². The molecule has 0 aliphatic carbocycles. The molecule has 0 saturated heterocycles. The monoisotopic (exact) mass is 335 g/mol. The zero-order valence-corrected chi connectivity index (χ0v) is 14.6. The number of benzene rings is 2. The highest BCUT2D eigenvalue weighted by molar-refractivity contribution is 5.94. The first kappa shape index (κ1) is 16.9. The number of rotatable bonds is 4. The van der Waals surface area contributed by atoms with Crippen LogP contribution in [-0.2, 0) is 12.0 Å². The van der Waals surface area contributed by atoms with Gasteiger partial charge in [0.2, 0.25) is 11.7 Å². The lowest BCUT2D eigenvalue weighted by Gasteiger charge is -2.18. The first-order chi connectivity index (χ1) is 11.9. The van der Waals surface area contributed by atoms with Crippen LogP contribution in [0.5, 0.6) is 0 Å². The molecule has 0 atom stereocenters. The highest BCUT2D eigenvalue weighted by Gasteiger charge is 2.15. The predicted octanol–water partition coefficient (Wildman–Crippen LogP) is 3.96. The van der Waals surface area contributed by atoms with Crippen LogP contribution in [0.15, 0.2) is 59.1 Å². The topological polar surface area (TPSA) is 68.0 Å². The Kier molecular flexibility index (Phi) is 4.65. The number of carbonyl (C=O) groups is 1. The van der Waals surface area contributed by atoms with Crippen LogP contribution in [0.4, 0.5) is 0 Å². The minimum Gasteiger partial charge on any atom is -0.343 e. The van der Waals surface area contributed by atoms with Gasteiger partial charge in [-0.2, -0.15) is 4.98 Å². The van der Waals surface area contributed by atoms with Gasteiger partial charge in [0.1, 0.15) is 0 Å². The third-order valence-corrected chi connectivity index (χ3v) is 3.91. The Morgan fingerprint density at radius 1 is 1.04 bits per heavy atom. The van der Waals surface area contributed by atoms with E-state index in [1.54, 1.807) is 0 Å². The van der Waals surface area contributed by atoms with Crippen LogP contribution < -0.4 is 5.32 Å². The zero-order valence-electron chi connectivity index (χ0n) is 14.6. The summed E-state index contributed by atoms with van der Waals surface area (Å²) < 4.78 is 5.19. The molecule has 1 amide bonds. The number of nitrogens with one attached hydrogen (secondary N) is 1. The van der Waals surface area contributed by atoms with E-state index in [9.17, 15) is 4.79 Å². The summed E-state index contributed by atoms with van der Waals surface area (Å²) in [7, 11) is 0. The second-order valence-electron chi connectivity index (χ2n) is 6.89. The van der Waals surface area contributed by atoms with Gasteiger partial charge in [-0.1, -0.05) is 68.4 Å². The summed E-state index contributed by atoms with van der Waals surface area (Å²) in [4.78, 5) is 16.6. The van der Waals surface area contributed by atoms with Gasteiger partial charge in [0.25, 0.3) is 5.91 Å². The van der Waals surface area contributed by atoms with Gasteiger partial charge < -0.3 is 9.84 Å². The van der Waals surface area contributed by atoms with E-state index in [1.165, 1.54) is 5.56 Å². The molecule has 3 aromatic rings. The Morgan fingerprint density at radius 3 is 2.36 bits per heavy atom. The van der Waals surface area contributed by atoms with Crippen molar-refractivity contribution in [2.75, 3.05) is 0 Å². The Balaban J connectivity index is 1.62. The van der Waals surface area contributed by atoms with Crippen LogP contribution in [0, 0.1) is 0 Å². The van der Waals surface area contributed by atoms with Crippen molar-refractivity contribution in [2.24, 2.45) is 0 Å². The van der Waals surface area contributed by atoms with Crippen molar-refractivity contribution in [1.29, 1.82) is 0 Å². The van der Waals surface area contributed by atoms with E-state index < -0.39 is 0 Å². The molecular formula is C20H21N3O2. The molecule has 3 rings (SSSR count). The molecular weight excluding hydrogens is 314 g/mol. The van der Waals surface area contributed by atoms with Crippen molar-refractivity contribution < 1.29 is 9.32 Å². The van der Waals surface area contributed by atoms with Gasteiger partial charge in [0, 0.05) is 11.1 Å². The van der Waals surface area contributed by atoms with E-state index in [4.69, 9.17) is 4.52 Å². The molecule has 1 aromatic heterocycles. The highest BCUT2D eigenvalue weighted by atomic mass is 16.5. The van der Waals surface area contributed by atoms with E-state index in [-0.39, 0.29) is 17.9 Å². The average molecular weight is 335 g/mol. The number of nitrogens with zero attached hydrogens (tertiary/aromatic N) is 2. The van der Waals surface area contributed by atoms with Crippen LogP contribution >= 0.6 is 0 Å². The maximum Gasteiger partial charge on any atom is 0.251 e. The molecule has 128 valence electrons.